The van der Waals surface area contributed by atoms with E-state index in [0.29, 0.717) is 0 Å². The summed E-state index contributed by atoms with van der Waals surface area (Å²) >= 11 is 0. The van der Waals surface area contributed by atoms with Crippen LogP contribution < -0.4 is 16.8 Å². The molecule has 3 atom stereocenters. The third-order valence-corrected chi connectivity index (χ3v) is 2.86. The molecule has 0 aromatic heterocycles. The predicted octanol–water partition coefficient (Wildman–Crippen LogP) is -2.52. The molecular weight excluding hydrogens is 342 g/mol. The molecule has 0 spiro atoms. The summed E-state index contributed by atoms with van der Waals surface area (Å²) in [6.07, 6.45) is 1.56. The molecule has 1 saturated heterocycles. The van der Waals surface area contributed by atoms with Crippen molar-refractivity contribution in [3.05, 3.63) is 0 Å². The molecule has 1 heterocycles. The molecule has 10 N–H and O–H groups in total. The first-order valence-corrected chi connectivity index (χ1v) is 7.28. The molecule has 1 aliphatic rings. The van der Waals surface area contributed by atoms with Crippen LogP contribution in [0.5, 0.6) is 0 Å². The highest BCUT2D eigenvalue weighted by Crippen LogP contribution is 2.03. The molecule has 0 saturated carbocycles. The van der Waals surface area contributed by atoms with Crippen LogP contribution in [0.2, 0.25) is 0 Å². The minimum absolute atomic E-state index is 0.0231. The van der Waals surface area contributed by atoms with Crippen LogP contribution in [0.25, 0.3) is 0 Å². The number of aliphatic hydroxyl groups excluding tert-OH is 1. The van der Waals surface area contributed by atoms with Gasteiger partial charge in [-0.3, -0.25) is 19.2 Å². The lowest BCUT2D eigenvalue weighted by atomic mass is 10.2. The number of nitrogens with two attached hydrogens (primary N) is 2. The van der Waals surface area contributed by atoms with Gasteiger partial charge in [-0.05, 0) is 25.8 Å². The van der Waals surface area contributed by atoms with Crippen LogP contribution in [0.1, 0.15) is 25.7 Å². The van der Waals surface area contributed by atoms with Gasteiger partial charge in [0.2, 0.25) is 0 Å². The summed E-state index contributed by atoms with van der Waals surface area (Å²) in [5, 5.41) is 43.4. The first kappa shape index (κ1) is 25.0. The molecule has 146 valence electrons. The summed E-state index contributed by atoms with van der Waals surface area (Å²) in [5.41, 5.74) is 9.77. The summed E-state index contributed by atoms with van der Waals surface area (Å²) in [5.74, 6) is -4.09. The third kappa shape index (κ3) is 15.0. The van der Waals surface area contributed by atoms with Crippen LogP contribution in [0.4, 0.5) is 0 Å². The molecular formula is C13H25N3O9. The van der Waals surface area contributed by atoms with E-state index >= 15 is 0 Å². The Balaban J connectivity index is 0. The molecule has 1 rings (SSSR count). The van der Waals surface area contributed by atoms with Crippen molar-refractivity contribution in [3.63, 3.8) is 0 Å². The fourth-order valence-corrected chi connectivity index (χ4v) is 1.38. The van der Waals surface area contributed by atoms with Crippen molar-refractivity contribution in [2.24, 2.45) is 11.5 Å². The normalized spacial score (nSPS) is 17.8. The van der Waals surface area contributed by atoms with Gasteiger partial charge in [0.1, 0.15) is 18.1 Å². The maximum absolute atomic E-state index is 10.1. The van der Waals surface area contributed by atoms with E-state index in [1.807, 2.05) is 0 Å². The molecule has 1 fully saturated rings. The monoisotopic (exact) mass is 367 g/mol. The Bertz CT molecular complexity index is 438. The quantitative estimate of drug-likeness (QED) is 0.233. The lowest BCUT2D eigenvalue weighted by Gasteiger charge is -2.01. The molecule has 3 unspecified atom stereocenters. The van der Waals surface area contributed by atoms with E-state index in [1.165, 1.54) is 0 Å². The minimum atomic E-state index is -1.18. The van der Waals surface area contributed by atoms with Crippen molar-refractivity contribution in [2.75, 3.05) is 13.2 Å². The maximum atomic E-state index is 10.1. The van der Waals surface area contributed by atoms with Crippen molar-refractivity contribution < 1.29 is 44.7 Å². The standard InChI is InChI=1S/C5H9NO4.C5H9NO2.C3H7NO3/c6-3(5(9)10)1-2-4(7)8;7-5(8)4-2-1-3-6-4;4-2(1-5)3(6)7/h3H,1-2,6H2,(H,7,8)(H,9,10);4,6H,1-3H2,(H,7,8);2,5H,1,4H2,(H,6,7). The van der Waals surface area contributed by atoms with E-state index < -0.39 is 42.6 Å². The number of carbonyl (C=O) groups is 4. The molecule has 1 aliphatic heterocycles. The maximum Gasteiger partial charge on any atom is 0.322 e. The van der Waals surface area contributed by atoms with Gasteiger partial charge >= 0.3 is 23.9 Å². The number of nitrogens with one attached hydrogen (secondary N) is 1. The summed E-state index contributed by atoms with van der Waals surface area (Å²) < 4.78 is 0. The number of carboxylic acid groups (broad SMARTS) is 4. The number of hydrogen-bond donors (Lipinski definition) is 8. The van der Waals surface area contributed by atoms with E-state index in [1.54, 1.807) is 0 Å². The Hall–Kier alpha value is -2.28. The Labute approximate surface area is 143 Å². The first-order chi connectivity index (χ1) is 11.5. The highest BCUT2D eigenvalue weighted by molar-refractivity contribution is 5.75. The fraction of sp³-hybridized carbons (Fsp3) is 0.692. The van der Waals surface area contributed by atoms with E-state index in [4.69, 9.17) is 37.0 Å². The molecule has 0 aliphatic carbocycles. The topological polar surface area (TPSA) is 233 Å². The van der Waals surface area contributed by atoms with Gasteiger partial charge in [0.05, 0.1) is 6.61 Å². The van der Waals surface area contributed by atoms with Crippen LogP contribution in [-0.4, -0.2) is 80.7 Å². The number of hydrogen-bond acceptors (Lipinski definition) is 8. The zero-order valence-corrected chi connectivity index (χ0v) is 13.5. The zero-order chi connectivity index (χ0) is 20.0. The minimum Gasteiger partial charge on any atom is -0.481 e. The van der Waals surface area contributed by atoms with Gasteiger partial charge in [0.25, 0.3) is 0 Å². The van der Waals surface area contributed by atoms with Gasteiger partial charge in [-0.2, -0.15) is 0 Å². The van der Waals surface area contributed by atoms with E-state index in [2.05, 4.69) is 5.32 Å². The van der Waals surface area contributed by atoms with E-state index in [-0.39, 0.29) is 18.9 Å². The average molecular weight is 367 g/mol. The zero-order valence-electron chi connectivity index (χ0n) is 13.5. The fourth-order valence-electron chi connectivity index (χ4n) is 1.38. The predicted molar refractivity (Wildman–Crippen MR) is 83.8 cm³/mol. The lowest BCUT2D eigenvalue weighted by Crippen LogP contribution is -2.33. The molecule has 25 heavy (non-hydrogen) atoms. The molecule has 0 bridgehead atoms. The average Bonchev–Trinajstić information content (AvgIpc) is 3.07. The van der Waals surface area contributed by atoms with Gasteiger partial charge in [0, 0.05) is 6.42 Å². The number of rotatable bonds is 7. The second kappa shape index (κ2) is 14.1. The van der Waals surface area contributed by atoms with Crippen molar-refractivity contribution >= 4 is 23.9 Å². The van der Waals surface area contributed by atoms with E-state index in [0.717, 1.165) is 19.4 Å². The van der Waals surface area contributed by atoms with Crippen LogP contribution >= 0.6 is 0 Å². The smallest absolute Gasteiger partial charge is 0.322 e. The van der Waals surface area contributed by atoms with Crippen molar-refractivity contribution in [1.29, 1.82) is 0 Å². The second-order valence-electron chi connectivity index (χ2n) is 4.99. The van der Waals surface area contributed by atoms with Crippen LogP contribution in [0, 0.1) is 0 Å². The third-order valence-electron chi connectivity index (χ3n) is 2.86. The largest absolute Gasteiger partial charge is 0.481 e. The molecule has 0 aromatic carbocycles. The number of carboxylic acids is 4. The van der Waals surface area contributed by atoms with Crippen LogP contribution in [0.3, 0.4) is 0 Å². The molecule has 12 heteroatoms. The van der Waals surface area contributed by atoms with E-state index in [9.17, 15) is 19.2 Å². The highest BCUT2D eigenvalue weighted by Gasteiger charge is 2.20. The Morgan fingerprint density at radius 1 is 1.00 bits per heavy atom. The van der Waals surface area contributed by atoms with Gasteiger partial charge in [-0.25, -0.2) is 0 Å². The van der Waals surface area contributed by atoms with Gasteiger partial charge < -0.3 is 42.3 Å². The summed E-state index contributed by atoms with van der Waals surface area (Å²) in [6, 6.07) is -2.45. The van der Waals surface area contributed by atoms with Crippen molar-refractivity contribution in [1.82, 2.24) is 5.32 Å². The van der Waals surface area contributed by atoms with Gasteiger partial charge in [-0.1, -0.05) is 0 Å². The Kier molecular flexibility index (Phi) is 14.1. The second-order valence-corrected chi connectivity index (χ2v) is 4.99. The molecule has 0 amide bonds. The Morgan fingerprint density at radius 2 is 1.52 bits per heavy atom. The lowest BCUT2D eigenvalue weighted by molar-refractivity contribution is -0.141. The van der Waals surface area contributed by atoms with Gasteiger partial charge in [-0.15, -0.1) is 0 Å². The first-order valence-electron chi connectivity index (χ1n) is 7.28. The molecule has 12 nitrogen and oxygen atoms in total. The van der Waals surface area contributed by atoms with Crippen molar-refractivity contribution in [3.8, 4) is 0 Å². The van der Waals surface area contributed by atoms with Crippen molar-refractivity contribution in [2.45, 2.75) is 43.8 Å². The highest BCUT2D eigenvalue weighted by atomic mass is 16.4. The Morgan fingerprint density at radius 3 is 1.72 bits per heavy atom. The summed E-state index contributed by atoms with van der Waals surface area (Å²) in [4.78, 5) is 39.7. The van der Waals surface area contributed by atoms with Crippen LogP contribution in [0.15, 0.2) is 0 Å². The summed E-state index contributed by atoms with van der Waals surface area (Å²) in [7, 11) is 0. The molecule has 0 aromatic rings. The van der Waals surface area contributed by atoms with Crippen LogP contribution in [-0.2, 0) is 19.2 Å². The number of aliphatic carboxylic acids is 4. The SMILES string of the molecule is NC(CCC(=O)O)C(=O)O.NC(CO)C(=O)O.O=C(O)C1CCCN1. The number of aliphatic hydroxyl groups is 1. The molecule has 0 radical (unpaired) electrons. The summed E-state index contributed by atoms with van der Waals surface area (Å²) in [6.45, 7) is 0.353. The van der Waals surface area contributed by atoms with Gasteiger partial charge in [0.15, 0.2) is 0 Å².